The van der Waals surface area contributed by atoms with Crippen molar-refractivity contribution in [2.45, 2.75) is 11.2 Å². The molecule has 0 aliphatic carbocycles. The van der Waals surface area contributed by atoms with Crippen molar-refractivity contribution in [3.63, 3.8) is 0 Å². The van der Waals surface area contributed by atoms with E-state index in [4.69, 9.17) is 15.2 Å². The van der Waals surface area contributed by atoms with E-state index >= 15 is 0 Å². The summed E-state index contributed by atoms with van der Waals surface area (Å²) in [5.74, 6) is 2.45. The number of amidine groups is 1. The predicted molar refractivity (Wildman–Crippen MR) is 110 cm³/mol. The second-order valence-electron chi connectivity index (χ2n) is 6.70. The number of aromatic nitrogens is 2. The zero-order valence-corrected chi connectivity index (χ0v) is 16.1. The van der Waals surface area contributed by atoms with Crippen molar-refractivity contribution in [1.29, 1.82) is 0 Å². The molecule has 140 valence electrons. The zero-order chi connectivity index (χ0) is 19.1. The van der Waals surface area contributed by atoms with Crippen LogP contribution in [0.2, 0.25) is 0 Å². The first-order chi connectivity index (χ1) is 13.7. The smallest absolute Gasteiger partial charge is 0.155 e. The molecule has 2 aliphatic rings. The molecule has 5 rings (SSSR count). The summed E-state index contributed by atoms with van der Waals surface area (Å²) < 4.78 is 11.3. The fraction of sp³-hybridized carbons (Fsp3) is 0.190. The number of hydrogen-bond donors (Lipinski definition) is 1. The fourth-order valence-corrected chi connectivity index (χ4v) is 5.08. The molecular formula is C21H18N4O2S. The van der Waals surface area contributed by atoms with Gasteiger partial charge in [0.05, 0.1) is 11.9 Å². The maximum Gasteiger partial charge on any atom is 0.155 e. The minimum absolute atomic E-state index is 0.380. The molecule has 2 N–H and O–H groups in total. The van der Waals surface area contributed by atoms with Crippen LogP contribution in [0.25, 0.3) is 11.1 Å². The predicted octanol–water partition coefficient (Wildman–Crippen LogP) is 3.95. The number of nitrogens with zero attached hydrogens (tertiary/aromatic N) is 3. The Morgan fingerprint density at radius 3 is 2.54 bits per heavy atom. The fourth-order valence-electron chi connectivity index (χ4n) is 3.83. The number of aliphatic imine (C=N–C) groups is 1. The van der Waals surface area contributed by atoms with Gasteiger partial charge in [0.15, 0.2) is 5.17 Å². The number of rotatable bonds is 2. The lowest BCUT2D eigenvalue weighted by Crippen LogP contribution is -2.35. The Morgan fingerprint density at radius 1 is 1.04 bits per heavy atom. The number of thioether (sulfide) groups is 1. The van der Waals surface area contributed by atoms with Crippen LogP contribution in [0.1, 0.15) is 17.5 Å². The highest BCUT2D eigenvalue weighted by atomic mass is 32.2. The highest BCUT2D eigenvalue weighted by Crippen LogP contribution is 2.58. The lowest BCUT2D eigenvalue weighted by Gasteiger charge is -2.41. The van der Waals surface area contributed by atoms with Crippen LogP contribution in [0.3, 0.4) is 0 Å². The first-order valence-electron chi connectivity index (χ1n) is 8.95. The monoisotopic (exact) mass is 390 g/mol. The van der Waals surface area contributed by atoms with Gasteiger partial charge in [0.25, 0.3) is 0 Å². The van der Waals surface area contributed by atoms with Gasteiger partial charge in [0.2, 0.25) is 0 Å². The van der Waals surface area contributed by atoms with E-state index < -0.39 is 0 Å². The summed E-state index contributed by atoms with van der Waals surface area (Å²) in [6, 6.07) is 12.1. The quantitative estimate of drug-likeness (QED) is 0.713. The molecule has 6 nitrogen and oxygen atoms in total. The number of fused-ring (bicyclic) bond motifs is 4. The van der Waals surface area contributed by atoms with E-state index in [0.29, 0.717) is 11.7 Å². The lowest BCUT2D eigenvalue weighted by atomic mass is 9.83. The van der Waals surface area contributed by atoms with E-state index in [1.165, 1.54) is 6.33 Å². The highest BCUT2D eigenvalue weighted by molar-refractivity contribution is 8.14. The van der Waals surface area contributed by atoms with Crippen LogP contribution in [0.5, 0.6) is 17.2 Å². The molecule has 0 amide bonds. The molecule has 1 spiro atoms. The summed E-state index contributed by atoms with van der Waals surface area (Å²) in [4.78, 5) is 12.7. The molecule has 0 bridgehead atoms. The van der Waals surface area contributed by atoms with Crippen molar-refractivity contribution in [3.05, 3.63) is 66.2 Å². The van der Waals surface area contributed by atoms with Gasteiger partial charge in [-0.05, 0) is 42.3 Å². The second-order valence-corrected chi connectivity index (χ2v) is 8.02. The van der Waals surface area contributed by atoms with Crippen molar-refractivity contribution in [1.82, 2.24) is 9.97 Å². The minimum atomic E-state index is -0.380. The molecule has 0 fully saturated rings. The average Bonchev–Trinajstić information content (AvgIpc) is 2.74. The Morgan fingerprint density at radius 2 is 1.79 bits per heavy atom. The van der Waals surface area contributed by atoms with Crippen molar-refractivity contribution < 1.29 is 9.47 Å². The van der Waals surface area contributed by atoms with Crippen molar-refractivity contribution in [2.24, 2.45) is 10.7 Å². The molecule has 1 atom stereocenters. The molecule has 3 heterocycles. The Kier molecular flexibility index (Phi) is 3.98. The third-order valence-electron chi connectivity index (χ3n) is 5.16. The molecule has 1 unspecified atom stereocenters. The standard InChI is InChI=1S/C21H18N4O2S/c1-26-15-3-5-19-17(9-15)21(6-7-25-20(22)28-21)16-8-13(2-4-18(16)27-19)14-10-23-12-24-11-14/h2-5,8-12H,6-7H2,1H3,(H2,22,25). The summed E-state index contributed by atoms with van der Waals surface area (Å²) in [6.07, 6.45) is 5.98. The molecule has 0 radical (unpaired) electrons. The molecule has 0 saturated carbocycles. The molecule has 1 aromatic heterocycles. The highest BCUT2D eigenvalue weighted by Gasteiger charge is 2.45. The number of ether oxygens (including phenoxy) is 2. The van der Waals surface area contributed by atoms with Crippen LogP contribution in [0, 0.1) is 0 Å². The van der Waals surface area contributed by atoms with Crippen LogP contribution in [-0.4, -0.2) is 28.8 Å². The normalized spacial score (nSPS) is 20.0. The molecule has 7 heteroatoms. The van der Waals surface area contributed by atoms with Gasteiger partial charge in [0, 0.05) is 35.6 Å². The summed E-state index contributed by atoms with van der Waals surface area (Å²) >= 11 is 1.58. The van der Waals surface area contributed by atoms with E-state index in [1.54, 1.807) is 18.9 Å². The van der Waals surface area contributed by atoms with Crippen molar-refractivity contribution >= 4 is 16.9 Å². The molecule has 3 aromatic rings. The summed E-state index contributed by atoms with van der Waals surface area (Å²) in [6.45, 7) is 0.660. The Balaban J connectivity index is 1.74. The van der Waals surface area contributed by atoms with Gasteiger partial charge in [-0.25, -0.2) is 9.97 Å². The van der Waals surface area contributed by atoms with Gasteiger partial charge in [-0.15, -0.1) is 0 Å². The summed E-state index contributed by atoms with van der Waals surface area (Å²) in [5, 5.41) is 0.585. The van der Waals surface area contributed by atoms with E-state index in [1.807, 2.05) is 42.7 Å². The number of methoxy groups -OCH3 is 1. The second kappa shape index (κ2) is 6.53. The maximum atomic E-state index is 6.25. The van der Waals surface area contributed by atoms with Crippen LogP contribution < -0.4 is 15.2 Å². The van der Waals surface area contributed by atoms with Crippen molar-refractivity contribution in [2.75, 3.05) is 13.7 Å². The Labute approximate surface area is 166 Å². The van der Waals surface area contributed by atoms with Gasteiger partial charge < -0.3 is 15.2 Å². The van der Waals surface area contributed by atoms with E-state index in [-0.39, 0.29) is 4.75 Å². The van der Waals surface area contributed by atoms with E-state index in [0.717, 1.165) is 45.9 Å². The number of benzene rings is 2. The Bertz CT molecular complexity index is 1090. The SMILES string of the molecule is COc1ccc2c(c1)C1(CCN=C(N)S1)c1cc(-c3cncnc3)ccc1O2. The Hall–Kier alpha value is -3.06. The largest absolute Gasteiger partial charge is 0.497 e. The topological polar surface area (TPSA) is 82.6 Å². The van der Waals surface area contributed by atoms with Crippen LogP contribution in [0.15, 0.2) is 60.1 Å². The van der Waals surface area contributed by atoms with Crippen LogP contribution in [0.4, 0.5) is 0 Å². The first kappa shape index (κ1) is 17.1. The van der Waals surface area contributed by atoms with Gasteiger partial charge >= 0.3 is 0 Å². The van der Waals surface area contributed by atoms with Gasteiger partial charge in [-0.2, -0.15) is 0 Å². The van der Waals surface area contributed by atoms with Gasteiger partial charge in [-0.1, -0.05) is 17.8 Å². The molecule has 0 saturated heterocycles. The minimum Gasteiger partial charge on any atom is -0.497 e. The summed E-state index contributed by atoms with van der Waals surface area (Å²) in [7, 11) is 1.67. The lowest BCUT2D eigenvalue weighted by molar-refractivity contribution is 0.403. The van der Waals surface area contributed by atoms with Crippen molar-refractivity contribution in [3.8, 4) is 28.4 Å². The number of nitrogens with two attached hydrogens (primary N) is 1. The number of hydrogen-bond acceptors (Lipinski definition) is 7. The zero-order valence-electron chi connectivity index (χ0n) is 15.3. The third-order valence-corrected chi connectivity index (χ3v) is 6.49. The van der Waals surface area contributed by atoms with Gasteiger partial charge in [-0.3, -0.25) is 4.99 Å². The molecule has 2 aliphatic heterocycles. The first-order valence-corrected chi connectivity index (χ1v) is 9.76. The van der Waals surface area contributed by atoms with E-state index in [9.17, 15) is 0 Å². The molecule has 28 heavy (non-hydrogen) atoms. The summed E-state index contributed by atoms with van der Waals surface area (Å²) in [5.41, 5.74) is 10.3. The van der Waals surface area contributed by atoms with E-state index in [2.05, 4.69) is 21.0 Å². The molecular weight excluding hydrogens is 372 g/mol. The molecule has 2 aromatic carbocycles. The van der Waals surface area contributed by atoms with Crippen LogP contribution in [-0.2, 0) is 4.75 Å². The van der Waals surface area contributed by atoms with Crippen LogP contribution >= 0.6 is 11.8 Å². The average molecular weight is 390 g/mol. The maximum absolute atomic E-state index is 6.25. The third kappa shape index (κ3) is 2.62. The van der Waals surface area contributed by atoms with Gasteiger partial charge in [0.1, 0.15) is 23.6 Å².